The monoisotopic (exact) mass is 350 g/mol. The van der Waals surface area contributed by atoms with Gasteiger partial charge in [0.15, 0.2) is 0 Å². The molecule has 0 aliphatic heterocycles. The molecule has 0 aliphatic carbocycles. The number of carbonyl (C=O) groups excluding carboxylic acids is 1. The summed E-state index contributed by atoms with van der Waals surface area (Å²) < 4.78 is 43.8. The minimum Gasteiger partial charge on any atom is -0.496 e. The second-order valence-corrected chi connectivity index (χ2v) is 4.75. The maximum Gasteiger partial charge on any atom is 0.387 e. The van der Waals surface area contributed by atoms with E-state index in [0.717, 1.165) is 0 Å². The Kier molecular flexibility index (Phi) is 6.33. The van der Waals surface area contributed by atoms with Crippen LogP contribution in [0.3, 0.4) is 0 Å². The van der Waals surface area contributed by atoms with Gasteiger partial charge in [-0.15, -0.1) is 0 Å². The maximum absolute atomic E-state index is 12.1. The van der Waals surface area contributed by atoms with Gasteiger partial charge in [0.2, 0.25) is 0 Å². The van der Waals surface area contributed by atoms with E-state index in [-0.39, 0.29) is 11.5 Å². The zero-order valence-electron chi connectivity index (χ0n) is 13.6. The zero-order chi connectivity index (χ0) is 18.2. The number of hydrogen-bond donors (Lipinski definition) is 0. The molecule has 7 heteroatoms. The van der Waals surface area contributed by atoms with E-state index in [1.54, 1.807) is 18.2 Å². The smallest absolute Gasteiger partial charge is 0.387 e. The first-order valence-corrected chi connectivity index (χ1v) is 7.18. The van der Waals surface area contributed by atoms with Gasteiger partial charge in [-0.3, -0.25) is 0 Å². The van der Waals surface area contributed by atoms with Crippen molar-refractivity contribution in [3.05, 3.63) is 54.1 Å². The molecule has 0 aromatic heterocycles. The molecule has 0 amide bonds. The van der Waals surface area contributed by atoms with Crippen molar-refractivity contribution in [2.45, 2.75) is 6.61 Å². The SMILES string of the molecule is COc1cc(OC)cc(OC(=O)/C=C/c2ccc(OC(F)F)cc2)c1. The molecule has 2 aromatic rings. The van der Waals surface area contributed by atoms with Crippen molar-refractivity contribution in [3.63, 3.8) is 0 Å². The number of methoxy groups -OCH3 is 2. The normalized spacial score (nSPS) is 10.8. The third-order valence-corrected chi connectivity index (χ3v) is 3.06. The summed E-state index contributed by atoms with van der Waals surface area (Å²) in [7, 11) is 2.98. The lowest BCUT2D eigenvalue weighted by Gasteiger charge is -2.07. The van der Waals surface area contributed by atoms with Crippen molar-refractivity contribution >= 4 is 12.0 Å². The van der Waals surface area contributed by atoms with E-state index in [1.807, 2.05) is 0 Å². The highest BCUT2D eigenvalue weighted by Crippen LogP contribution is 2.27. The molecule has 0 heterocycles. The molecule has 0 spiro atoms. The number of esters is 1. The van der Waals surface area contributed by atoms with Crippen LogP contribution in [0, 0.1) is 0 Å². The second kappa shape index (κ2) is 8.68. The lowest BCUT2D eigenvalue weighted by Crippen LogP contribution is -2.04. The molecule has 25 heavy (non-hydrogen) atoms. The first-order valence-electron chi connectivity index (χ1n) is 7.18. The highest BCUT2D eigenvalue weighted by Gasteiger charge is 2.06. The van der Waals surface area contributed by atoms with Crippen LogP contribution in [0.2, 0.25) is 0 Å². The van der Waals surface area contributed by atoms with Crippen molar-refractivity contribution in [2.24, 2.45) is 0 Å². The molecular weight excluding hydrogens is 334 g/mol. The number of benzene rings is 2. The van der Waals surface area contributed by atoms with Crippen LogP contribution in [0.15, 0.2) is 48.5 Å². The maximum atomic E-state index is 12.1. The van der Waals surface area contributed by atoms with Crippen LogP contribution in [0.5, 0.6) is 23.0 Å². The van der Waals surface area contributed by atoms with Crippen LogP contribution < -0.4 is 18.9 Å². The van der Waals surface area contributed by atoms with E-state index in [1.165, 1.54) is 50.6 Å². The van der Waals surface area contributed by atoms with E-state index < -0.39 is 12.6 Å². The van der Waals surface area contributed by atoms with E-state index in [9.17, 15) is 13.6 Å². The van der Waals surface area contributed by atoms with Gasteiger partial charge in [-0.2, -0.15) is 8.78 Å². The molecule has 0 N–H and O–H groups in total. The van der Waals surface area contributed by atoms with E-state index in [2.05, 4.69) is 4.74 Å². The Hall–Kier alpha value is -3.09. The van der Waals surface area contributed by atoms with Crippen LogP contribution in [0.25, 0.3) is 6.08 Å². The van der Waals surface area contributed by atoms with E-state index in [0.29, 0.717) is 17.1 Å². The summed E-state index contributed by atoms with van der Waals surface area (Å²) in [6.45, 7) is -2.88. The van der Waals surface area contributed by atoms with Gasteiger partial charge in [-0.1, -0.05) is 12.1 Å². The molecular formula is C18H16F2O5. The fourth-order valence-electron chi connectivity index (χ4n) is 1.92. The van der Waals surface area contributed by atoms with Crippen LogP contribution >= 0.6 is 0 Å². The van der Waals surface area contributed by atoms with Crippen molar-refractivity contribution in [1.82, 2.24) is 0 Å². The number of rotatable bonds is 7. The van der Waals surface area contributed by atoms with Crippen molar-refractivity contribution in [2.75, 3.05) is 14.2 Å². The highest BCUT2D eigenvalue weighted by atomic mass is 19.3. The predicted molar refractivity (Wildman–Crippen MR) is 87.3 cm³/mol. The lowest BCUT2D eigenvalue weighted by molar-refractivity contribution is -0.128. The summed E-state index contributed by atoms with van der Waals surface area (Å²) in [6, 6.07) is 10.6. The van der Waals surface area contributed by atoms with Crippen molar-refractivity contribution in [1.29, 1.82) is 0 Å². The highest BCUT2D eigenvalue weighted by molar-refractivity contribution is 5.88. The van der Waals surface area contributed by atoms with Gasteiger partial charge in [0, 0.05) is 24.3 Å². The fourth-order valence-corrected chi connectivity index (χ4v) is 1.92. The molecule has 5 nitrogen and oxygen atoms in total. The standard InChI is InChI=1S/C18H16F2O5/c1-22-14-9-15(23-2)11-16(10-14)24-17(21)8-5-12-3-6-13(7-4-12)25-18(19)20/h3-11,18H,1-2H3/b8-5+. The van der Waals surface area contributed by atoms with Gasteiger partial charge in [0.25, 0.3) is 0 Å². The van der Waals surface area contributed by atoms with Crippen LogP contribution in [0.4, 0.5) is 8.78 Å². The summed E-state index contributed by atoms with van der Waals surface area (Å²) in [5.74, 6) is 0.675. The second-order valence-electron chi connectivity index (χ2n) is 4.75. The van der Waals surface area contributed by atoms with Gasteiger partial charge >= 0.3 is 12.6 Å². The lowest BCUT2D eigenvalue weighted by atomic mass is 10.2. The molecule has 0 saturated heterocycles. The summed E-state index contributed by atoms with van der Waals surface area (Å²) in [4.78, 5) is 11.9. The van der Waals surface area contributed by atoms with Gasteiger partial charge in [-0.25, -0.2) is 4.79 Å². The number of ether oxygens (including phenoxy) is 4. The third kappa shape index (κ3) is 5.80. The van der Waals surface area contributed by atoms with Crippen LogP contribution in [0.1, 0.15) is 5.56 Å². The Morgan fingerprint density at radius 2 is 1.48 bits per heavy atom. The molecule has 0 unspecified atom stereocenters. The third-order valence-electron chi connectivity index (χ3n) is 3.06. The molecule has 0 atom stereocenters. The number of alkyl halides is 2. The average Bonchev–Trinajstić information content (AvgIpc) is 2.60. The van der Waals surface area contributed by atoms with Crippen LogP contribution in [-0.2, 0) is 4.79 Å². The first kappa shape index (κ1) is 18.3. The quantitative estimate of drug-likeness (QED) is 0.430. The Balaban J connectivity index is 2.01. The Bertz CT molecular complexity index is 719. The largest absolute Gasteiger partial charge is 0.496 e. The number of hydrogen-bond acceptors (Lipinski definition) is 5. The Morgan fingerprint density at radius 3 is 2.00 bits per heavy atom. The number of halogens is 2. The van der Waals surface area contributed by atoms with E-state index in [4.69, 9.17) is 14.2 Å². The summed E-state index contributed by atoms with van der Waals surface area (Å²) in [5.41, 5.74) is 0.627. The molecule has 2 rings (SSSR count). The molecule has 0 aliphatic rings. The van der Waals surface area contributed by atoms with Gasteiger partial charge in [0.1, 0.15) is 23.0 Å². The number of carbonyl (C=O) groups is 1. The minimum absolute atomic E-state index is 0.0400. The van der Waals surface area contributed by atoms with Gasteiger partial charge in [-0.05, 0) is 23.8 Å². The minimum atomic E-state index is -2.88. The predicted octanol–water partition coefficient (Wildman–Crippen LogP) is 3.92. The van der Waals surface area contributed by atoms with Crippen LogP contribution in [-0.4, -0.2) is 26.8 Å². The molecule has 0 radical (unpaired) electrons. The first-order chi connectivity index (χ1) is 12.0. The molecule has 0 fully saturated rings. The van der Waals surface area contributed by atoms with E-state index >= 15 is 0 Å². The molecule has 0 saturated carbocycles. The molecule has 2 aromatic carbocycles. The van der Waals surface area contributed by atoms with Crippen molar-refractivity contribution in [3.8, 4) is 23.0 Å². The fraction of sp³-hybridized carbons (Fsp3) is 0.167. The molecule has 132 valence electrons. The van der Waals surface area contributed by atoms with Gasteiger partial charge < -0.3 is 18.9 Å². The summed E-state index contributed by atoms with van der Waals surface area (Å²) >= 11 is 0. The Morgan fingerprint density at radius 1 is 0.920 bits per heavy atom. The Labute approximate surface area is 143 Å². The average molecular weight is 350 g/mol. The summed E-state index contributed by atoms with van der Waals surface area (Å²) in [5, 5.41) is 0. The van der Waals surface area contributed by atoms with Crippen molar-refractivity contribution < 1.29 is 32.5 Å². The molecule has 0 bridgehead atoms. The topological polar surface area (TPSA) is 54.0 Å². The van der Waals surface area contributed by atoms with Gasteiger partial charge in [0.05, 0.1) is 14.2 Å². The zero-order valence-corrected chi connectivity index (χ0v) is 13.6. The summed E-state index contributed by atoms with van der Waals surface area (Å²) in [6.07, 6.45) is 2.71.